The quantitative estimate of drug-likeness (QED) is 0.212. The average Bonchev–Trinajstić information content (AvgIpc) is 2.99. The van der Waals surface area contributed by atoms with E-state index in [9.17, 15) is 18.0 Å². The van der Waals surface area contributed by atoms with E-state index in [-0.39, 0.29) is 43.3 Å². The van der Waals surface area contributed by atoms with Gasteiger partial charge in [-0.25, -0.2) is 8.42 Å². The molecule has 0 fully saturated rings. The van der Waals surface area contributed by atoms with Gasteiger partial charge in [0.15, 0.2) is 0 Å². The Morgan fingerprint density at radius 2 is 0.673 bits per heavy atom. The van der Waals surface area contributed by atoms with Gasteiger partial charge in [-0.05, 0) is 117 Å². The van der Waals surface area contributed by atoms with Gasteiger partial charge in [-0.15, -0.1) is 0 Å². The van der Waals surface area contributed by atoms with Crippen molar-refractivity contribution < 1.29 is 18.0 Å². The summed E-state index contributed by atoms with van der Waals surface area (Å²) in [6.45, 7) is 25.4. The Morgan fingerprint density at radius 3 is 0.898 bits per heavy atom. The second kappa shape index (κ2) is 13.2. The maximum Gasteiger partial charge on any atom is 0.255 e. The Kier molecular flexibility index (Phi) is 10.2. The molecule has 0 aliphatic rings. The van der Waals surface area contributed by atoms with Gasteiger partial charge in [0.1, 0.15) is 0 Å². The summed E-state index contributed by atoms with van der Waals surface area (Å²) in [4.78, 5) is 26.9. The Labute approximate surface area is 293 Å². The molecule has 6 nitrogen and oxygen atoms in total. The zero-order chi connectivity index (χ0) is 36.7. The molecule has 0 radical (unpaired) electrons. The van der Waals surface area contributed by atoms with E-state index in [0.717, 1.165) is 22.3 Å². The number of hydrogen-bond donors (Lipinski definition) is 2. The fourth-order valence-corrected chi connectivity index (χ4v) is 6.49. The van der Waals surface area contributed by atoms with E-state index in [1.807, 2.05) is 24.3 Å². The first kappa shape index (κ1) is 37.6. The molecule has 0 atom stereocenters. The molecular weight excluding hydrogens is 629 g/mol. The standard InChI is InChI=1S/C42H52N2O4S/c1-39(2,3)29-21-27(22-30(25-29)40(4,5)6)37(45)43-33-13-17-35(18-14-33)49(47,48)36-19-15-34(16-20-36)44-38(46)28-23-31(41(7,8)9)26-32(24-28)42(10,11)12/h13-26H,1-12H3,(H,43,45)(H,44,46). The first-order valence-corrected chi connectivity index (χ1v) is 18.2. The molecule has 4 rings (SSSR count). The van der Waals surface area contributed by atoms with Crippen LogP contribution < -0.4 is 10.6 Å². The van der Waals surface area contributed by atoms with Crippen LogP contribution in [-0.4, -0.2) is 20.2 Å². The van der Waals surface area contributed by atoms with Gasteiger partial charge in [-0.2, -0.15) is 0 Å². The van der Waals surface area contributed by atoms with Crippen molar-refractivity contribution in [2.75, 3.05) is 10.6 Å². The third-order valence-corrected chi connectivity index (χ3v) is 10.5. The smallest absolute Gasteiger partial charge is 0.255 e. The Hall–Kier alpha value is -4.23. The molecule has 0 aliphatic carbocycles. The van der Waals surface area contributed by atoms with Gasteiger partial charge >= 0.3 is 0 Å². The minimum Gasteiger partial charge on any atom is -0.322 e. The summed E-state index contributed by atoms with van der Waals surface area (Å²) in [6.07, 6.45) is 0. The predicted octanol–water partition coefficient (Wildman–Crippen LogP) is 10.2. The maximum atomic E-state index is 13.5. The highest BCUT2D eigenvalue weighted by atomic mass is 32.2. The van der Waals surface area contributed by atoms with Gasteiger partial charge in [-0.3, -0.25) is 9.59 Å². The number of amides is 2. The Morgan fingerprint density at radius 1 is 0.429 bits per heavy atom. The summed E-state index contributed by atoms with van der Waals surface area (Å²) in [5.41, 5.74) is 5.83. The molecule has 0 spiro atoms. The van der Waals surface area contributed by atoms with Gasteiger partial charge in [0.2, 0.25) is 9.84 Å². The van der Waals surface area contributed by atoms with Gasteiger partial charge in [0, 0.05) is 22.5 Å². The van der Waals surface area contributed by atoms with Crippen molar-refractivity contribution >= 4 is 33.0 Å². The van der Waals surface area contributed by atoms with E-state index in [1.54, 1.807) is 24.3 Å². The Balaban J connectivity index is 1.51. The highest BCUT2D eigenvalue weighted by Crippen LogP contribution is 2.32. The lowest BCUT2D eigenvalue weighted by Crippen LogP contribution is -2.20. The van der Waals surface area contributed by atoms with Gasteiger partial charge in [-0.1, -0.05) is 95.2 Å². The van der Waals surface area contributed by atoms with Crippen LogP contribution in [0.2, 0.25) is 0 Å². The first-order valence-electron chi connectivity index (χ1n) is 16.8. The molecule has 2 amide bonds. The number of carbonyl (C=O) groups excluding carboxylic acids is 2. The van der Waals surface area contributed by atoms with E-state index >= 15 is 0 Å². The van der Waals surface area contributed by atoms with Crippen LogP contribution in [0.5, 0.6) is 0 Å². The summed E-state index contributed by atoms with van der Waals surface area (Å²) >= 11 is 0. The van der Waals surface area contributed by atoms with E-state index in [1.165, 1.54) is 24.3 Å². The third-order valence-electron chi connectivity index (χ3n) is 8.70. The molecule has 0 saturated carbocycles. The number of rotatable bonds is 6. The van der Waals surface area contributed by atoms with Crippen molar-refractivity contribution in [1.82, 2.24) is 0 Å². The van der Waals surface area contributed by atoms with E-state index in [0.29, 0.717) is 22.5 Å². The first-order chi connectivity index (χ1) is 22.4. The van der Waals surface area contributed by atoms with Gasteiger partial charge < -0.3 is 10.6 Å². The highest BCUT2D eigenvalue weighted by molar-refractivity contribution is 7.91. The van der Waals surface area contributed by atoms with Crippen LogP contribution in [0.15, 0.2) is 94.7 Å². The summed E-state index contributed by atoms with van der Waals surface area (Å²) < 4.78 is 27.0. The minimum atomic E-state index is -3.85. The molecule has 0 heterocycles. The molecule has 0 unspecified atom stereocenters. The van der Waals surface area contributed by atoms with Crippen molar-refractivity contribution in [3.05, 3.63) is 118 Å². The fourth-order valence-electron chi connectivity index (χ4n) is 5.23. The van der Waals surface area contributed by atoms with Crippen molar-refractivity contribution in [1.29, 1.82) is 0 Å². The zero-order valence-electron chi connectivity index (χ0n) is 31.1. The van der Waals surface area contributed by atoms with Gasteiger partial charge in [0.25, 0.3) is 11.8 Å². The lowest BCUT2D eigenvalue weighted by atomic mass is 9.79. The van der Waals surface area contributed by atoms with Crippen LogP contribution in [0.25, 0.3) is 0 Å². The maximum absolute atomic E-state index is 13.5. The largest absolute Gasteiger partial charge is 0.322 e. The molecule has 0 bridgehead atoms. The summed E-state index contributed by atoms with van der Waals surface area (Å²) in [5, 5.41) is 5.84. The monoisotopic (exact) mass is 680 g/mol. The second-order valence-electron chi connectivity index (χ2n) is 17.1. The topological polar surface area (TPSA) is 92.3 Å². The predicted molar refractivity (Wildman–Crippen MR) is 202 cm³/mol. The van der Waals surface area contributed by atoms with Crippen LogP contribution in [0.1, 0.15) is 126 Å². The number of carbonyl (C=O) groups is 2. The summed E-state index contributed by atoms with van der Waals surface area (Å²) in [7, 11) is -3.85. The van der Waals surface area contributed by atoms with Crippen LogP contribution in [0, 0.1) is 0 Å². The van der Waals surface area contributed by atoms with Gasteiger partial charge in [0.05, 0.1) is 9.79 Å². The average molecular weight is 681 g/mol. The fraction of sp³-hybridized carbons (Fsp3) is 0.381. The molecule has 0 aliphatic heterocycles. The molecular formula is C42H52N2O4S. The van der Waals surface area contributed by atoms with Crippen LogP contribution in [0.4, 0.5) is 11.4 Å². The Bertz CT molecular complexity index is 1760. The minimum absolute atomic E-state index is 0.0979. The van der Waals surface area contributed by atoms with Crippen LogP contribution in [-0.2, 0) is 31.5 Å². The van der Waals surface area contributed by atoms with E-state index < -0.39 is 9.84 Å². The molecule has 0 saturated heterocycles. The van der Waals surface area contributed by atoms with E-state index in [4.69, 9.17) is 0 Å². The van der Waals surface area contributed by atoms with Crippen molar-refractivity contribution in [2.45, 2.75) is 115 Å². The number of benzene rings is 4. The third kappa shape index (κ3) is 9.07. The highest BCUT2D eigenvalue weighted by Gasteiger charge is 2.25. The number of sulfone groups is 1. The van der Waals surface area contributed by atoms with E-state index in [2.05, 4.69) is 106 Å². The molecule has 4 aromatic carbocycles. The number of anilines is 2. The van der Waals surface area contributed by atoms with Crippen molar-refractivity contribution in [2.24, 2.45) is 0 Å². The molecule has 2 N–H and O–H groups in total. The molecule has 7 heteroatoms. The van der Waals surface area contributed by atoms with Crippen LogP contribution in [0.3, 0.4) is 0 Å². The SMILES string of the molecule is CC(C)(C)c1cc(C(=O)Nc2ccc(S(=O)(=O)c3ccc(NC(=O)c4cc(C(C)(C)C)cc(C(C)(C)C)c4)cc3)cc2)cc(C(C)(C)C)c1. The molecule has 4 aromatic rings. The normalized spacial score (nSPS) is 12.8. The molecule has 49 heavy (non-hydrogen) atoms. The lowest BCUT2D eigenvalue weighted by Gasteiger charge is -2.26. The summed E-state index contributed by atoms with van der Waals surface area (Å²) in [6, 6.07) is 24.3. The zero-order valence-corrected chi connectivity index (χ0v) is 31.9. The van der Waals surface area contributed by atoms with Crippen molar-refractivity contribution in [3.8, 4) is 0 Å². The van der Waals surface area contributed by atoms with Crippen molar-refractivity contribution in [3.63, 3.8) is 0 Å². The van der Waals surface area contributed by atoms with Crippen LogP contribution >= 0.6 is 0 Å². The lowest BCUT2D eigenvalue weighted by molar-refractivity contribution is 0.101. The number of nitrogens with one attached hydrogen (secondary N) is 2. The molecule has 260 valence electrons. The number of hydrogen-bond acceptors (Lipinski definition) is 4. The second-order valence-corrected chi connectivity index (χ2v) is 19.0. The molecule has 0 aromatic heterocycles. The summed E-state index contributed by atoms with van der Waals surface area (Å²) in [5.74, 6) is -0.519.